The number of ether oxygens (including phenoxy) is 2. The first-order chi connectivity index (χ1) is 5.36. The van der Waals surface area contributed by atoms with Crippen LogP contribution < -0.4 is 4.74 Å². The average molecular weight is 153 g/mol. The maximum Gasteiger partial charge on any atom is 0.467 e. The Balaban J connectivity index is 2.34. The van der Waals surface area contributed by atoms with Crippen molar-refractivity contribution in [3.8, 4) is 5.75 Å². The average Bonchev–Trinajstić information content (AvgIpc) is 2.04. The predicted molar refractivity (Wildman–Crippen MR) is 36.2 cm³/mol. The minimum absolute atomic E-state index is 0.252. The Kier molecular flexibility index (Phi) is 1.51. The molecule has 0 aromatic heterocycles. The largest absolute Gasteiger partial charge is 0.467 e. The van der Waals surface area contributed by atoms with Gasteiger partial charge < -0.3 is 9.47 Å². The van der Waals surface area contributed by atoms with Gasteiger partial charge in [0, 0.05) is 5.56 Å². The summed E-state index contributed by atoms with van der Waals surface area (Å²) in [6.45, 7) is -0.620. The lowest BCUT2D eigenvalue weighted by atomic mass is 10.2. The van der Waals surface area contributed by atoms with Crippen LogP contribution in [0, 0.1) is 6.54 Å². The van der Waals surface area contributed by atoms with Crippen molar-refractivity contribution in [2.24, 2.45) is 0 Å². The topological polar surface area (TPSA) is 18.5 Å². The van der Waals surface area contributed by atoms with Crippen LogP contribution in [0.3, 0.4) is 0 Å². The number of rotatable bonds is 0. The molecule has 0 bridgehead atoms. The molecule has 1 aromatic carbocycles. The van der Waals surface area contributed by atoms with Crippen LogP contribution in [0.25, 0.3) is 0 Å². The van der Waals surface area contributed by atoms with Crippen LogP contribution in [0.2, 0.25) is 0 Å². The zero-order valence-corrected chi connectivity index (χ0v) is 5.71. The van der Waals surface area contributed by atoms with E-state index >= 15 is 0 Å². The van der Waals surface area contributed by atoms with Crippen LogP contribution in [-0.4, -0.2) is 0 Å². The van der Waals surface area contributed by atoms with Gasteiger partial charge in [0.25, 0.3) is 0 Å². The lowest BCUT2D eigenvalue weighted by Gasteiger charge is -2.17. The van der Waals surface area contributed by atoms with Crippen LogP contribution in [0.4, 0.5) is 4.39 Å². The van der Waals surface area contributed by atoms with E-state index in [4.69, 9.17) is 0 Å². The third kappa shape index (κ3) is 1.19. The maximum atomic E-state index is 12.3. The summed E-state index contributed by atoms with van der Waals surface area (Å²) in [5.74, 6) is 0.538. The highest BCUT2D eigenvalue weighted by molar-refractivity contribution is 5.34. The summed E-state index contributed by atoms with van der Waals surface area (Å²) >= 11 is 0. The van der Waals surface area contributed by atoms with Crippen molar-refractivity contribution in [2.75, 3.05) is 0 Å². The van der Waals surface area contributed by atoms with Crippen molar-refractivity contribution in [1.82, 2.24) is 0 Å². The smallest absolute Gasteiger partial charge is 0.428 e. The molecule has 0 fully saturated rings. The lowest BCUT2D eigenvalue weighted by molar-refractivity contribution is -0.0820. The Hall–Kier alpha value is -1.09. The van der Waals surface area contributed by atoms with E-state index in [1.54, 1.807) is 12.1 Å². The second kappa shape index (κ2) is 2.51. The maximum absolute atomic E-state index is 12.3. The molecule has 0 spiro atoms. The Morgan fingerprint density at radius 1 is 1.27 bits per heavy atom. The fraction of sp³-hybridized carbons (Fsp3) is 0.125. The highest BCUT2D eigenvalue weighted by Gasteiger charge is 2.20. The molecule has 0 saturated heterocycles. The van der Waals surface area contributed by atoms with E-state index in [0.717, 1.165) is 5.56 Å². The minimum Gasteiger partial charge on any atom is -0.428 e. The standard InChI is InChI=1S/C8H6FO2/c9-8-10-5-6-3-1-2-4-7(6)11-8/h1-4H,5H2. The van der Waals surface area contributed by atoms with E-state index in [2.05, 4.69) is 9.47 Å². The summed E-state index contributed by atoms with van der Waals surface area (Å²) in [4.78, 5) is 0. The van der Waals surface area contributed by atoms with E-state index in [1.165, 1.54) is 0 Å². The molecule has 0 atom stereocenters. The molecule has 1 aromatic rings. The zero-order chi connectivity index (χ0) is 7.68. The van der Waals surface area contributed by atoms with Gasteiger partial charge in [0.2, 0.25) is 0 Å². The Bertz CT molecular complexity index is 262. The SMILES string of the molecule is F[C]1OCc2ccccc2O1. The van der Waals surface area contributed by atoms with Gasteiger partial charge in [-0.05, 0) is 6.07 Å². The van der Waals surface area contributed by atoms with Crippen LogP contribution in [0.5, 0.6) is 5.75 Å². The fourth-order valence-electron chi connectivity index (χ4n) is 0.973. The van der Waals surface area contributed by atoms with Crippen molar-refractivity contribution < 1.29 is 13.9 Å². The highest BCUT2D eigenvalue weighted by atomic mass is 19.2. The molecule has 1 radical (unpaired) electrons. The Morgan fingerprint density at radius 2 is 2.09 bits per heavy atom. The van der Waals surface area contributed by atoms with Crippen molar-refractivity contribution >= 4 is 0 Å². The van der Waals surface area contributed by atoms with Crippen LogP contribution in [-0.2, 0) is 11.3 Å². The third-order valence-corrected chi connectivity index (χ3v) is 1.50. The Morgan fingerprint density at radius 3 is 3.00 bits per heavy atom. The first-order valence-corrected chi connectivity index (χ1v) is 3.27. The fourth-order valence-corrected chi connectivity index (χ4v) is 0.973. The summed E-state index contributed by atoms with van der Waals surface area (Å²) in [6.07, 6.45) is 0. The minimum atomic E-state index is -0.872. The van der Waals surface area contributed by atoms with Crippen LogP contribution in [0.1, 0.15) is 5.56 Å². The van der Waals surface area contributed by atoms with Crippen LogP contribution in [0.15, 0.2) is 24.3 Å². The van der Waals surface area contributed by atoms with Crippen molar-refractivity contribution in [3.63, 3.8) is 0 Å². The number of hydrogen-bond donors (Lipinski definition) is 0. The third-order valence-electron chi connectivity index (χ3n) is 1.50. The number of benzene rings is 1. The van der Waals surface area contributed by atoms with Gasteiger partial charge in [-0.1, -0.05) is 18.2 Å². The molecule has 0 aliphatic carbocycles. The van der Waals surface area contributed by atoms with Crippen LogP contribution >= 0.6 is 0 Å². The van der Waals surface area contributed by atoms with E-state index in [0.29, 0.717) is 5.75 Å². The molecule has 0 saturated carbocycles. The first-order valence-electron chi connectivity index (χ1n) is 3.27. The van der Waals surface area contributed by atoms with Gasteiger partial charge in [0.15, 0.2) is 0 Å². The van der Waals surface area contributed by atoms with Gasteiger partial charge in [-0.3, -0.25) is 0 Å². The zero-order valence-electron chi connectivity index (χ0n) is 5.71. The molecule has 0 amide bonds. The monoisotopic (exact) mass is 153 g/mol. The normalized spacial score (nSPS) is 17.2. The summed E-state index contributed by atoms with van der Waals surface area (Å²) in [6, 6.07) is 7.19. The lowest BCUT2D eigenvalue weighted by Crippen LogP contribution is -2.12. The van der Waals surface area contributed by atoms with E-state index in [1.807, 2.05) is 12.1 Å². The van der Waals surface area contributed by atoms with Crippen molar-refractivity contribution in [2.45, 2.75) is 6.61 Å². The summed E-state index contributed by atoms with van der Waals surface area (Å²) in [5.41, 5.74) is 0.869. The second-order valence-electron chi connectivity index (χ2n) is 2.24. The molecular weight excluding hydrogens is 147 g/mol. The molecule has 0 N–H and O–H groups in total. The quantitative estimate of drug-likeness (QED) is 0.567. The number of para-hydroxylation sites is 1. The molecule has 57 valence electrons. The van der Waals surface area contributed by atoms with Gasteiger partial charge in [-0.15, -0.1) is 0 Å². The summed E-state index contributed by atoms with van der Waals surface area (Å²) < 4.78 is 21.5. The molecule has 1 aliphatic rings. The molecule has 2 nitrogen and oxygen atoms in total. The second-order valence-corrected chi connectivity index (χ2v) is 2.24. The molecule has 0 unspecified atom stereocenters. The molecule has 3 heteroatoms. The number of halogens is 1. The van der Waals surface area contributed by atoms with Crippen molar-refractivity contribution in [3.05, 3.63) is 36.4 Å². The van der Waals surface area contributed by atoms with E-state index in [-0.39, 0.29) is 6.61 Å². The van der Waals surface area contributed by atoms with Gasteiger partial charge in [0.05, 0.1) is 6.61 Å². The summed E-state index contributed by atoms with van der Waals surface area (Å²) in [7, 11) is 0. The van der Waals surface area contributed by atoms with Gasteiger partial charge in [-0.2, -0.15) is 4.39 Å². The number of hydrogen-bond acceptors (Lipinski definition) is 2. The summed E-state index contributed by atoms with van der Waals surface area (Å²) in [5, 5.41) is 0. The van der Waals surface area contributed by atoms with E-state index < -0.39 is 6.54 Å². The number of fused-ring (bicyclic) bond motifs is 1. The van der Waals surface area contributed by atoms with Gasteiger partial charge in [0.1, 0.15) is 5.75 Å². The van der Waals surface area contributed by atoms with Crippen molar-refractivity contribution in [1.29, 1.82) is 0 Å². The predicted octanol–water partition coefficient (Wildman–Crippen LogP) is 2.01. The Labute approximate surface area is 63.5 Å². The molecular formula is C8H6FO2. The molecule has 2 rings (SSSR count). The van der Waals surface area contributed by atoms with E-state index in [9.17, 15) is 4.39 Å². The molecule has 1 aliphatic heterocycles. The highest BCUT2D eigenvalue weighted by Crippen LogP contribution is 2.28. The molecule has 1 heterocycles. The first kappa shape index (κ1) is 6.61. The molecule has 11 heavy (non-hydrogen) atoms. The van der Waals surface area contributed by atoms with Gasteiger partial charge in [-0.25, -0.2) is 0 Å². The van der Waals surface area contributed by atoms with Gasteiger partial charge >= 0.3 is 6.54 Å².